The molecule has 1 aliphatic carbocycles. The molecule has 0 aromatic heterocycles. The van der Waals surface area contributed by atoms with Crippen molar-refractivity contribution in [3.63, 3.8) is 0 Å². The summed E-state index contributed by atoms with van der Waals surface area (Å²) in [6.07, 6.45) is 6.64. The number of halogens is 1. The van der Waals surface area contributed by atoms with Gasteiger partial charge in [-0.2, -0.15) is 0 Å². The number of benzene rings is 1. The van der Waals surface area contributed by atoms with Gasteiger partial charge in [0.15, 0.2) is 0 Å². The zero-order valence-electron chi connectivity index (χ0n) is 11.5. The molecule has 1 fully saturated rings. The van der Waals surface area contributed by atoms with Gasteiger partial charge >= 0.3 is 0 Å². The molecule has 100 valence electrons. The van der Waals surface area contributed by atoms with Crippen LogP contribution in [-0.4, -0.2) is 0 Å². The summed E-state index contributed by atoms with van der Waals surface area (Å²) in [7, 11) is 0. The van der Waals surface area contributed by atoms with Gasteiger partial charge in [-0.05, 0) is 43.2 Å². The third-order valence-electron chi connectivity index (χ3n) is 4.42. The van der Waals surface area contributed by atoms with Gasteiger partial charge in [0.1, 0.15) is 0 Å². The zero-order chi connectivity index (χ0) is 13.1. The third kappa shape index (κ3) is 3.16. The molecule has 3 unspecified atom stereocenters. The Hall–Kier alpha value is -0.340. The molecule has 1 saturated carbocycles. The predicted molar refractivity (Wildman–Crippen MR) is 81.5 cm³/mol. The highest BCUT2D eigenvalue weighted by atomic mass is 79.9. The topological polar surface area (TPSA) is 26.0 Å². The molecule has 2 N–H and O–H groups in total. The fourth-order valence-electron chi connectivity index (χ4n) is 3.20. The monoisotopic (exact) mass is 309 g/mol. The van der Waals surface area contributed by atoms with Crippen molar-refractivity contribution in [1.82, 2.24) is 0 Å². The maximum atomic E-state index is 6.53. The fourth-order valence-corrected chi connectivity index (χ4v) is 3.71. The lowest BCUT2D eigenvalue weighted by molar-refractivity contribution is 0.230. The smallest absolute Gasteiger partial charge is 0.0334 e. The summed E-state index contributed by atoms with van der Waals surface area (Å²) in [4.78, 5) is 0. The Kier molecular flexibility index (Phi) is 4.85. The second-order valence-corrected chi connectivity index (χ2v) is 6.61. The summed E-state index contributed by atoms with van der Waals surface area (Å²) in [6.45, 7) is 4.44. The number of rotatable bonds is 3. The Labute approximate surface area is 119 Å². The molecule has 1 aromatic carbocycles. The van der Waals surface area contributed by atoms with Gasteiger partial charge in [0.25, 0.3) is 0 Å². The van der Waals surface area contributed by atoms with Crippen LogP contribution in [0.3, 0.4) is 0 Å². The number of hydrogen-bond acceptors (Lipinski definition) is 1. The molecule has 1 nitrogen and oxygen atoms in total. The van der Waals surface area contributed by atoms with E-state index >= 15 is 0 Å². The van der Waals surface area contributed by atoms with E-state index in [0.717, 1.165) is 5.92 Å². The molecule has 3 atom stereocenters. The van der Waals surface area contributed by atoms with Crippen molar-refractivity contribution in [1.29, 1.82) is 0 Å². The molecule has 0 heterocycles. The minimum Gasteiger partial charge on any atom is -0.324 e. The van der Waals surface area contributed by atoms with Crippen molar-refractivity contribution in [3.8, 4) is 0 Å². The van der Waals surface area contributed by atoms with Crippen molar-refractivity contribution < 1.29 is 0 Å². The molecule has 0 aliphatic heterocycles. The first-order valence-electron chi connectivity index (χ1n) is 7.13. The minimum atomic E-state index is 0.189. The number of nitrogens with two attached hydrogens (primary N) is 1. The standard InChI is InChI=1S/C16H24BrN/c1-3-12-5-4-6-13(10-12)16(18)14-9-11(2)7-8-15(14)17/h7-9,12-13,16H,3-6,10,18H2,1-2H3. The SMILES string of the molecule is CCC1CCCC(C(N)c2cc(C)ccc2Br)C1. The van der Waals surface area contributed by atoms with Crippen molar-refractivity contribution in [2.75, 3.05) is 0 Å². The quantitative estimate of drug-likeness (QED) is 0.837. The molecule has 0 saturated heterocycles. The average molecular weight is 310 g/mol. The van der Waals surface area contributed by atoms with Crippen LogP contribution in [0.2, 0.25) is 0 Å². The van der Waals surface area contributed by atoms with Gasteiger partial charge in [0.05, 0.1) is 0 Å². The van der Waals surface area contributed by atoms with Crippen LogP contribution < -0.4 is 5.73 Å². The molecule has 1 aliphatic rings. The average Bonchev–Trinajstić information content (AvgIpc) is 2.41. The van der Waals surface area contributed by atoms with Crippen LogP contribution in [0.25, 0.3) is 0 Å². The van der Waals surface area contributed by atoms with Crippen molar-refractivity contribution in [2.45, 2.75) is 52.0 Å². The molecular formula is C16H24BrN. The molecule has 0 bridgehead atoms. The van der Waals surface area contributed by atoms with E-state index in [2.05, 4.69) is 48.0 Å². The lowest BCUT2D eigenvalue weighted by atomic mass is 9.75. The van der Waals surface area contributed by atoms with Gasteiger partial charge in [-0.1, -0.05) is 59.8 Å². The molecule has 2 rings (SSSR count). The second kappa shape index (κ2) is 6.21. The summed E-state index contributed by atoms with van der Waals surface area (Å²) >= 11 is 3.65. The normalized spacial score (nSPS) is 26.0. The van der Waals surface area contributed by atoms with Crippen molar-refractivity contribution in [3.05, 3.63) is 33.8 Å². The van der Waals surface area contributed by atoms with Gasteiger partial charge in [-0.3, -0.25) is 0 Å². The van der Waals surface area contributed by atoms with E-state index in [4.69, 9.17) is 5.73 Å². The molecule has 2 heteroatoms. The van der Waals surface area contributed by atoms with Gasteiger partial charge in [-0.25, -0.2) is 0 Å². The molecule has 1 aromatic rings. The lowest BCUT2D eigenvalue weighted by Gasteiger charge is -2.33. The summed E-state index contributed by atoms with van der Waals surface area (Å²) in [5.41, 5.74) is 9.11. The van der Waals surface area contributed by atoms with Gasteiger partial charge in [0, 0.05) is 10.5 Å². The first-order chi connectivity index (χ1) is 8.61. The Bertz CT molecular complexity index is 402. The van der Waals surface area contributed by atoms with Crippen LogP contribution >= 0.6 is 15.9 Å². The summed E-state index contributed by atoms with van der Waals surface area (Å²) < 4.78 is 1.17. The molecule has 0 amide bonds. The van der Waals surface area contributed by atoms with E-state index in [0.29, 0.717) is 5.92 Å². The van der Waals surface area contributed by atoms with E-state index in [1.807, 2.05) is 0 Å². The first-order valence-corrected chi connectivity index (χ1v) is 7.92. The summed E-state index contributed by atoms with van der Waals surface area (Å²) in [6, 6.07) is 6.69. The predicted octanol–water partition coefficient (Wildman–Crippen LogP) is 4.97. The zero-order valence-corrected chi connectivity index (χ0v) is 13.0. The van der Waals surface area contributed by atoms with Crippen LogP contribution in [0.5, 0.6) is 0 Å². The molecule has 0 spiro atoms. The highest BCUT2D eigenvalue weighted by molar-refractivity contribution is 9.10. The summed E-state index contributed by atoms with van der Waals surface area (Å²) in [5.74, 6) is 1.54. The maximum Gasteiger partial charge on any atom is 0.0334 e. The van der Waals surface area contributed by atoms with E-state index in [1.165, 1.54) is 47.7 Å². The van der Waals surface area contributed by atoms with E-state index in [-0.39, 0.29) is 6.04 Å². The Morgan fingerprint density at radius 1 is 1.39 bits per heavy atom. The maximum absolute atomic E-state index is 6.53. The second-order valence-electron chi connectivity index (χ2n) is 5.75. The Balaban J connectivity index is 2.14. The van der Waals surface area contributed by atoms with E-state index < -0.39 is 0 Å². The molecule has 18 heavy (non-hydrogen) atoms. The first kappa shape index (κ1) is 14.1. The van der Waals surface area contributed by atoms with Gasteiger partial charge < -0.3 is 5.73 Å². The van der Waals surface area contributed by atoms with Gasteiger partial charge in [0.2, 0.25) is 0 Å². The van der Waals surface area contributed by atoms with Crippen molar-refractivity contribution in [2.24, 2.45) is 17.6 Å². The molecule has 0 radical (unpaired) electrons. The van der Waals surface area contributed by atoms with Crippen LogP contribution in [0.1, 0.15) is 56.2 Å². The number of aryl methyl sites for hydroxylation is 1. The molecular weight excluding hydrogens is 286 g/mol. The lowest BCUT2D eigenvalue weighted by Crippen LogP contribution is -2.27. The highest BCUT2D eigenvalue weighted by Crippen LogP contribution is 2.39. The van der Waals surface area contributed by atoms with E-state index in [9.17, 15) is 0 Å². The van der Waals surface area contributed by atoms with Crippen LogP contribution in [0.4, 0.5) is 0 Å². The summed E-state index contributed by atoms with van der Waals surface area (Å²) in [5, 5.41) is 0. The van der Waals surface area contributed by atoms with Crippen molar-refractivity contribution >= 4 is 15.9 Å². The van der Waals surface area contributed by atoms with Crippen LogP contribution in [0.15, 0.2) is 22.7 Å². The largest absolute Gasteiger partial charge is 0.324 e. The van der Waals surface area contributed by atoms with Gasteiger partial charge in [-0.15, -0.1) is 0 Å². The third-order valence-corrected chi connectivity index (χ3v) is 5.14. The van der Waals surface area contributed by atoms with Crippen LogP contribution in [0, 0.1) is 18.8 Å². The van der Waals surface area contributed by atoms with E-state index in [1.54, 1.807) is 0 Å². The Morgan fingerprint density at radius 3 is 2.89 bits per heavy atom. The van der Waals surface area contributed by atoms with Crippen LogP contribution in [-0.2, 0) is 0 Å². The Morgan fingerprint density at radius 2 is 2.17 bits per heavy atom. The number of hydrogen-bond donors (Lipinski definition) is 1. The highest BCUT2D eigenvalue weighted by Gasteiger charge is 2.27. The fraction of sp³-hybridized carbons (Fsp3) is 0.625. The minimum absolute atomic E-state index is 0.189.